The Hall–Kier alpha value is -1.76. The zero-order valence-corrected chi connectivity index (χ0v) is 12.0. The third-order valence-corrected chi connectivity index (χ3v) is 2.93. The maximum absolute atomic E-state index is 13.1. The van der Waals surface area contributed by atoms with Gasteiger partial charge in [0.2, 0.25) is 0 Å². The molecule has 0 saturated heterocycles. The Bertz CT molecular complexity index is 490. The van der Waals surface area contributed by atoms with E-state index in [1.54, 1.807) is 0 Å². The van der Waals surface area contributed by atoms with Crippen molar-refractivity contribution in [2.75, 3.05) is 32.1 Å². The fourth-order valence-electron chi connectivity index (χ4n) is 1.86. The number of rotatable bonds is 6. The molecule has 0 heterocycles. The number of aliphatic hydroxyl groups excluding tert-OH is 1. The molecule has 2 N–H and O–H groups in total. The Labute approximate surface area is 121 Å². The first-order chi connectivity index (χ1) is 9.82. The number of para-hydroxylation sites is 1. The minimum Gasteiger partial charge on any atom is -0.395 e. The molecule has 0 bridgehead atoms. The smallest absolute Gasteiger partial charge is 0.395 e. The summed E-state index contributed by atoms with van der Waals surface area (Å²) in [7, 11) is 1.43. The molecule has 0 saturated carbocycles. The molecule has 0 aliphatic carbocycles. The fraction of sp³-hybridized carbons (Fsp3) is 0.500. The standard InChI is InChI=1S/C14H19F3N2O2/c1-3-7-18-12-10(13(21)19(2)8-9-20)5-4-6-11(12)14(15,16)17/h4-6,18,20H,3,7-9H2,1-2H3. The van der Waals surface area contributed by atoms with Gasteiger partial charge in [-0.25, -0.2) is 0 Å². The number of carbonyl (C=O) groups excluding carboxylic acids is 1. The molecule has 0 radical (unpaired) electrons. The number of likely N-dealkylation sites (N-methyl/N-ethyl adjacent to an activating group) is 1. The van der Waals surface area contributed by atoms with Gasteiger partial charge in [-0.3, -0.25) is 4.79 Å². The number of alkyl halides is 3. The molecule has 1 aromatic carbocycles. The maximum atomic E-state index is 13.1. The number of benzene rings is 1. The first-order valence-electron chi connectivity index (χ1n) is 6.63. The van der Waals surface area contributed by atoms with Crippen LogP contribution in [-0.4, -0.2) is 42.7 Å². The van der Waals surface area contributed by atoms with E-state index in [9.17, 15) is 18.0 Å². The first-order valence-corrected chi connectivity index (χ1v) is 6.63. The van der Waals surface area contributed by atoms with Gasteiger partial charge in [-0.2, -0.15) is 13.2 Å². The summed E-state index contributed by atoms with van der Waals surface area (Å²) in [6, 6.07) is 3.50. The van der Waals surface area contributed by atoms with Crippen LogP contribution in [0.15, 0.2) is 18.2 Å². The van der Waals surface area contributed by atoms with Gasteiger partial charge in [0.1, 0.15) is 0 Å². The van der Waals surface area contributed by atoms with Crippen LogP contribution >= 0.6 is 0 Å². The van der Waals surface area contributed by atoms with E-state index in [1.165, 1.54) is 24.1 Å². The van der Waals surface area contributed by atoms with E-state index < -0.39 is 17.6 Å². The van der Waals surface area contributed by atoms with Crippen LogP contribution in [0.3, 0.4) is 0 Å². The molecule has 118 valence electrons. The number of anilines is 1. The molecular weight excluding hydrogens is 285 g/mol. The van der Waals surface area contributed by atoms with E-state index in [-0.39, 0.29) is 24.4 Å². The molecule has 0 spiro atoms. The average Bonchev–Trinajstić information content (AvgIpc) is 2.43. The summed E-state index contributed by atoms with van der Waals surface area (Å²) in [4.78, 5) is 13.4. The lowest BCUT2D eigenvalue weighted by molar-refractivity contribution is -0.137. The molecule has 1 amide bonds. The van der Waals surface area contributed by atoms with Crippen molar-refractivity contribution in [3.05, 3.63) is 29.3 Å². The van der Waals surface area contributed by atoms with Crippen LogP contribution < -0.4 is 5.32 Å². The van der Waals surface area contributed by atoms with E-state index in [0.29, 0.717) is 13.0 Å². The maximum Gasteiger partial charge on any atom is 0.418 e. The monoisotopic (exact) mass is 304 g/mol. The number of amides is 1. The minimum atomic E-state index is -4.54. The molecule has 0 aliphatic heterocycles. The van der Waals surface area contributed by atoms with Crippen molar-refractivity contribution in [2.24, 2.45) is 0 Å². The Morgan fingerprint density at radius 2 is 2.05 bits per heavy atom. The summed E-state index contributed by atoms with van der Waals surface area (Å²) in [6.07, 6.45) is -3.91. The summed E-state index contributed by atoms with van der Waals surface area (Å²) in [5, 5.41) is 11.5. The van der Waals surface area contributed by atoms with E-state index >= 15 is 0 Å². The van der Waals surface area contributed by atoms with Gasteiger partial charge >= 0.3 is 6.18 Å². The van der Waals surface area contributed by atoms with Gasteiger partial charge in [0, 0.05) is 20.1 Å². The van der Waals surface area contributed by atoms with Crippen molar-refractivity contribution < 1.29 is 23.1 Å². The van der Waals surface area contributed by atoms with Gasteiger partial charge in [0.15, 0.2) is 0 Å². The summed E-state index contributed by atoms with van der Waals surface area (Å²) < 4.78 is 39.2. The Kier molecular flexibility index (Phi) is 6.02. The van der Waals surface area contributed by atoms with Crippen LogP contribution in [0.1, 0.15) is 29.3 Å². The van der Waals surface area contributed by atoms with Gasteiger partial charge in [0.25, 0.3) is 5.91 Å². The molecular formula is C14H19F3N2O2. The fourth-order valence-corrected chi connectivity index (χ4v) is 1.86. The third-order valence-electron chi connectivity index (χ3n) is 2.93. The van der Waals surface area contributed by atoms with Crippen LogP contribution in [0.2, 0.25) is 0 Å². The molecule has 0 unspecified atom stereocenters. The van der Waals surface area contributed by atoms with Crippen LogP contribution in [0.5, 0.6) is 0 Å². The quantitative estimate of drug-likeness (QED) is 0.849. The van der Waals surface area contributed by atoms with Crippen molar-refractivity contribution >= 4 is 11.6 Å². The van der Waals surface area contributed by atoms with E-state index in [2.05, 4.69) is 5.32 Å². The number of hydrogen-bond donors (Lipinski definition) is 2. The van der Waals surface area contributed by atoms with Crippen molar-refractivity contribution in [1.82, 2.24) is 4.90 Å². The second-order valence-corrected chi connectivity index (χ2v) is 4.60. The third kappa shape index (κ3) is 4.35. The van der Waals surface area contributed by atoms with Gasteiger partial charge < -0.3 is 15.3 Å². The largest absolute Gasteiger partial charge is 0.418 e. The second-order valence-electron chi connectivity index (χ2n) is 4.60. The Morgan fingerprint density at radius 1 is 1.38 bits per heavy atom. The lowest BCUT2D eigenvalue weighted by Gasteiger charge is -2.21. The highest BCUT2D eigenvalue weighted by Crippen LogP contribution is 2.37. The van der Waals surface area contributed by atoms with Gasteiger partial charge in [-0.15, -0.1) is 0 Å². The topological polar surface area (TPSA) is 52.6 Å². The predicted octanol–water partition coefficient (Wildman–Crippen LogP) is 2.59. The molecule has 0 fully saturated rings. The number of carbonyl (C=O) groups is 1. The van der Waals surface area contributed by atoms with E-state index in [0.717, 1.165) is 6.07 Å². The van der Waals surface area contributed by atoms with Gasteiger partial charge in [-0.1, -0.05) is 13.0 Å². The van der Waals surface area contributed by atoms with Crippen molar-refractivity contribution in [3.8, 4) is 0 Å². The minimum absolute atomic E-state index is 0.0470. The molecule has 1 aromatic rings. The summed E-state index contributed by atoms with van der Waals surface area (Å²) in [5.74, 6) is -0.561. The highest BCUT2D eigenvalue weighted by atomic mass is 19.4. The molecule has 4 nitrogen and oxygen atoms in total. The SMILES string of the molecule is CCCNc1c(C(=O)N(C)CCO)cccc1C(F)(F)F. The number of hydrogen-bond acceptors (Lipinski definition) is 3. The van der Waals surface area contributed by atoms with Gasteiger partial charge in [0.05, 0.1) is 23.4 Å². The normalized spacial score (nSPS) is 11.3. The average molecular weight is 304 g/mol. The van der Waals surface area contributed by atoms with Crippen LogP contribution in [0.25, 0.3) is 0 Å². The Morgan fingerprint density at radius 3 is 2.57 bits per heavy atom. The number of nitrogens with zero attached hydrogens (tertiary/aromatic N) is 1. The lowest BCUT2D eigenvalue weighted by Crippen LogP contribution is -2.30. The molecule has 0 aromatic heterocycles. The summed E-state index contributed by atoms with van der Waals surface area (Å²) in [6.45, 7) is 1.96. The first kappa shape index (κ1) is 17.3. The number of nitrogens with one attached hydrogen (secondary N) is 1. The Balaban J connectivity index is 3.27. The van der Waals surface area contributed by atoms with E-state index in [1.807, 2.05) is 6.92 Å². The number of halogens is 3. The predicted molar refractivity (Wildman–Crippen MR) is 74.3 cm³/mol. The van der Waals surface area contributed by atoms with Crippen LogP contribution in [0.4, 0.5) is 18.9 Å². The zero-order chi connectivity index (χ0) is 16.0. The molecule has 0 atom stereocenters. The molecule has 0 aliphatic rings. The molecule has 1 rings (SSSR count). The highest BCUT2D eigenvalue weighted by Gasteiger charge is 2.35. The van der Waals surface area contributed by atoms with Crippen LogP contribution in [-0.2, 0) is 6.18 Å². The van der Waals surface area contributed by atoms with Crippen LogP contribution in [0, 0.1) is 0 Å². The highest BCUT2D eigenvalue weighted by molar-refractivity contribution is 6.00. The van der Waals surface area contributed by atoms with Crippen molar-refractivity contribution in [1.29, 1.82) is 0 Å². The summed E-state index contributed by atoms with van der Waals surface area (Å²) >= 11 is 0. The lowest BCUT2D eigenvalue weighted by atomic mass is 10.0. The van der Waals surface area contributed by atoms with Gasteiger partial charge in [-0.05, 0) is 18.6 Å². The molecule has 7 heteroatoms. The zero-order valence-electron chi connectivity index (χ0n) is 12.0. The summed E-state index contributed by atoms with van der Waals surface area (Å²) in [5.41, 5.74) is -1.12. The molecule has 21 heavy (non-hydrogen) atoms. The van der Waals surface area contributed by atoms with E-state index in [4.69, 9.17) is 5.11 Å². The van der Waals surface area contributed by atoms with Crippen molar-refractivity contribution in [3.63, 3.8) is 0 Å². The van der Waals surface area contributed by atoms with Crippen molar-refractivity contribution in [2.45, 2.75) is 19.5 Å². The second kappa shape index (κ2) is 7.31. The number of aliphatic hydroxyl groups is 1.